The molecule has 4 rings (SSSR count). The normalized spacial score (nSPS) is 12.9. The van der Waals surface area contributed by atoms with Crippen LogP contribution in [0, 0.1) is 6.92 Å². The van der Waals surface area contributed by atoms with Crippen molar-refractivity contribution < 1.29 is 9.59 Å². The highest BCUT2D eigenvalue weighted by molar-refractivity contribution is 5.98. The van der Waals surface area contributed by atoms with E-state index >= 15 is 0 Å². The predicted molar refractivity (Wildman–Crippen MR) is 111 cm³/mol. The Morgan fingerprint density at radius 2 is 1.79 bits per heavy atom. The molecule has 1 aliphatic heterocycles. The summed E-state index contributed by atoms with van der Waals surface area (Å²) in [5.41, 5.74) is 5.39. The van der Waals surface area contributed by atoms with E-state index in [0.717, 1.165) is 17.5 Å². The van der Waals surface area contributed by atoms with Crippen molar-refractivity contribution in [3.63, 3.8) is 0 Å². The quantitative estimate of drug-likeness (QED) is 0.747. The van der Waals surface area contributed by atoms with E-state index in [0.29, 0.717) is 25.2 Å². The van der Waals surface area contributed by atoms with E-state index in [4.69, 9.17) is 0 Å². The number of carbonyl (C=O) groups is 2. The average Bonchev–Trinajstić information content (AvgIpc) is 2.77. The van der Waals surface area contributed by atoms with Crippen molar-refractivity contribution in [3.05, 3.63) is 100 Å². The van der Waals surface area contributed by atoms with Crippen molar-refractivity contribution in [1.82, 2.24) is 15.2 Å². The SMILES string of the molecule is Cc1ccccc1CNC(=O)c1cc(C(=O)N2CCc3ccccc3C2)ccn1. The van der Waals surface area contributed by atoms with E-state index in [2.05, 4.69) is 22.4 Å². The molecule has 0 saturated heterocycles. The van der Waals surface area contributed by atoms with Crippen LogP contribution in [0.25, 0.3) is 0 Å². The first-order chi connectivity index (χ1) is 14.1. The summed E-state index contributed by atoms with van der Waals surface area (Å²) in [7, 11) is 0. The number of nitrogens with zero attached hydrogens (tertiary/aromatic N) is 2. The molecule has 0 radical (unpaired) electrons. The number of aromatic nitrogens is 1. The molecule has 2 aromatic carbocycles. The molecule has 0 spiro atoms. The van der Waals surface area contributed by atoms with Gasteiger partial charge in [0, 0.05) is 31.4 Å². The zero-order chi connectivity index (χ0) is 20.2. The van der Waals surface area contributed by atoms with Crippen molar-refractivity contribution in [2.75, 3.05) is 6.54 Å². The van der Waals surface area contributed by atoms with Gasteiger partial charge in [-0.2, -0.15) is 0 Å². The fourth-order valence-electron chi connectivity index (χ4n) is 3.61. The summed E-state index contributed by atoms with van der Waals surface area (Å²) in [6.07, 6.45) is 2.37. The molecule has 0 fully saturated rings. The maximum Gasteiger partial charge on any atom is 0.270 e. The van der Waals surface area contributed by atoms with Gasteiger partial charge in [0.25, 0.3) is 11.8 Å². The summed E-state index contributed by atoms with van der Waals surface area (Å²) in [5, 5.41) is 2.89. The number of amides is 2. The molecule has 0 saturated carbocycles. The maximum absolute atomic E-state index is 13.0. The van der Waals surface area contributed by atoms with Gasteiger partial charge in [-0.3, -0.25) is 14.6 Å². The van der Waals surface area contributed by atoms with Crippen LogP contribution in [0.4, 0.5) is 0 Å². The molecule has 1 N–H and O–H groups in total. The number of hydrogen-bond donors (Lipinski definition) is 1. The monoisotopic (exact) mass is 385 g/mol. The summed E-state index contributed by atoms with van der Waals surface area (Å²) >= 11 is 0. The van der Waals surface area contributed by atoms with Gasteiger partial charge >= 0.3 is 0 Å². The van der Waals surface area contributed by atoms with Gasteiger partial charge in [0.15, 0.2) is 0 Å². The molecule has 1 aromatic heterocycles. The van der Waals surface area contributed by atoms with Crippen LogP contribution in [0.3, 0.4) is 0 Å². The highest BCUT2D eigenvalue weighted by Crippen LogP contribution is 2.20. The van der Waals surface area contributed by atoms with E-state index in [9.17, 15) is 9.59 Å². The minimum atomic E-state index is -0.285. The summed E-state index contributed by atoms with van der Waals surface area (Å²) in [5.74, 6) is -0.359. The molecule has 29 heavy (non-hydrogen) atoms. The van der Waals surface area contributed by atoms with Gasteiger partial charge in [0.2, 0.25) is 0 Å². The Hall–Kier alpha value is -3.47. The van der Waals surface area contributed by atoms with Gasteiger partial charge in [-0.15, -0.1) is 0 Å². The molecule has 2 amide bonds. The smallest absolute Gasteiger partial charge is 0.270 e. The van der Waals surface area contributed by atoms with Crippen molar-refractivity contribution in [1.29, 1.82) is 0 Å². The topological polar surface area (TPSA) is 62.3 Å². The summed E-state index contributed by atoms with van der Waals surface area (Å²) < 4.78 is 0. The minimum absolute atomic E-state index is 0.0742. The Morgan fingerprint density at radius 1 is 1.03 bits per heavy atom. The lowest BCUT2D eigenvalue weighted by molar-refractivity contribution is 0.0734. The van der Waals surface area contributed by atoms with E-state index in [1.54, 1.807) is 12.1 Å². The van der Waals surface area contributed by atoms with Crippen LogP contribution in [0.15, 0.2) is 66.9 Å². The van der Waals surface area contributed by atoms with Gasteiger partial charge in [0.1, 0.15) is 5.69 Å². The molecule has 0 bridgehead atoms. The number of benzene rings is 2. The van der Waals surface area contributed by atoms with Crippen molar-refractivity contribution in [2.24, 2.45) is 0 Å². The third-order valence-electron chi connectivity index (χ3n) is 5.36. The lowest BCUT2D eigenvalue weighted by Gasteiger charge is -2.29. The average molecular weight is 385 g/mol. The van der Waals surface area contributed by atoms with Gasteiger partial charge in [-0.25, -0.2) is 0 Å². The number of fused-ring (bicyclic) bond motifs is 1. The van der Waals surface area contributed by atoms with Gasteiger partial charge in [-0.1, -0.05) is 48.5 Å². The molecule has 3 aromatic rings. The van der Waals surface area contributed by atoms with E-state index < -0.39 is 0 Å². The van der Waals surface area contributed by atoms with Crippen molar-refractivity contribution >= 4 is 11.8 Å². The van der Waals surface area contributed by atoms with Gasteiger partial charge in [0.05, 0.1) is 0 Å². The second kappa shape index (κ2) is 8.27. The van der Waals surface area contributed by atoms with E-state index in [1.165, 1.54) is 17.3 Å². The zero-order valence-electron chi connectivity index (χ0n) is 16.4. The summed E-state index contributed by atoms with van der Waals surface area (Å²) in [6.45, 7) is 3.70. The Labute approximate surface area is 170 Å². The number of rotatable bonds is 4. The van der Waals surface area contributed by atoms with Gasteiger partial charge < -0.3 is 10.2 Å². The summed E-state index contributed by atoms with van der Waals surface area (Å²) in [4.78, 5) is 31.5. The number of nitrogens with one attached hydrogen (secondary N) is 1. The number of pyridine rings is 1. The molecule has 5 nitrogen and oxygen atoms in total. The molecule has 146 valence electrons. The highest BCUT2D eigenvalue weighted by atomic mass is 16.2. The Bertz CT molecular complexity index is 1060. The predicted octanol–water partition coefficient (Wildman–Crippen LogP) is 3.52. The second-order valence-electron chi connectivity index (χ2n) is 7.28. The first kappa shape index (κ1) is 18.9. The molecule has 0 atom stereocenters. The van der Waals surface area contributed by atoms with Crippen LogP contribution in [0.5, 0.6) is 0 Å². The van der Waals surface area contributed by atoms with Crippen molar-refractivity contribution in [2.45, 2.75) is 26.4 Å². The third kappa shape index (κ3) is 4.19. The van der Waals surface area contributed by atoms with E-state index in [-0.39, 0.29) is 17.5 Å². The van der Waals surface area contributed by atoms with Crippen LogP contribution in [-0.4, -0.2) is 28.2 Å². The van der Waals surface area contributed by atoms with Gasteiger partial charge in [-0.05, 0) is 47.7 Å². The first-order valence-corrected chi connectivity index (χ1v) is 9.76. The lowest BCUT2D eigenvalue weighted by atomic mass is 9.99. The van der Waals surface area contributed by atoms with Crippen LogP contribution in [0.2, 0.25) is 0 Å². The van der Waals surface area contributed by atoms with Crippen LogP contribution in [0.1, 0.15) is 43.1 Å². The van der Waals surface area contributed by atoms with Crippen molar-refractivity contribution in [3.8, 4) is 0 Å². The highest BCUT2D eigenvalue weighted by Gasteiger charge is 2.22. The fourth-order valence-corrected chi connectivity index (χ4v) is 3.61. The standard InChI is InChI=1S/C24H23N3O2/c1-17-6-2-3-8-20(17)15-26-23(28)22-14-19(10-12-25-22)24(29)27-13-11-18-7-4-5-9-21(18)16-27/h2-10,12,14H,11,13,15-16H2,1H3,(H,26,28). The van der Waals surface area contributed by atoms with Crippen LogP contribution < -0.4 is 5.32 Å². The molecule has 0 aliphatic carbocycles. The minimum Gasteiger partial charge on any atom is -0.347 e. The van der Waals surface area contributed by atoms with Crippen LogP contribution >= 0.6 is 0 Å². The second-order valence-corrected chi connectivity index (χ2v) is 7.28. The molecular weight excluding hydrogens is 362 g/mol. The van der Waals surface area contributed by atoms with E-state index in [1.807, 2.05) is 48.2 Å². The fraction of sp³-hybridized carbons (Fsp3) is 0.208. The third-order valence-corrected chi connectivity index (χ3v) is 5.36. The Morgan fingerprint density at radius 3 is 2.62 bits per heavy atom. The molecule has 1 aliphatic rings. The summed E-state index contributed by atoms with van der Waals surface area (Å²) in [6, 6.07) is 19.4. The zero-order valence-corrected chi connectivity index (χ0v) is 16.4. The largest absolute Gasteiger partial charge is 0.347 e. The Kier molecular flexibility index (Phi) is 5.38. The van der Waals surface area contributed by atoms with Crippen LogP contribution in [-0.2, 0) is 19.5 Å². The number of carbonyl (C=O) groups excluding carboxylic acids is 2. The Balaban J connectivity index is 1.45. The number of hydrogen-bond acceptors (Lipinski definition) is 3. The first-order valence-electron chi connectivity index (χ1n) is 9.76. The molecule has 0 unspecified atom stereocenters. The molecule has 2 heterocycles. The lowest BCUT2D eigenvalue weighted by Crippen LogP contribution is -2.36. The molecular formula is C24H23N3O2. The molecule has 5 heteroatoms. The maximum atomic E-state index is 13.0. The number of aryl methyl sites for hydroxylation is 1.